The van der Waals surface area contributed by atoms with Gasteiger partial charge in [-0.15, -0.1) is 0 Å². The average molecular weight is 159 g/mol. The van der Waals surface area contributed by atoms with E-state index in [1.165, 1.54) is 5.56 Å². The molecule has 62 valence electrons. The van der Waals surface area contributed by atoms with Gasteiger partial charge in [0, 0.05) is 0 Å². The Morgan fingerprint density at radius 2 is 1.75 bits per heavy atom. The predicted octanol–water partition coefficient (Wildman–Crippen LogP) is 2.95. The van der Waals surface area contributed by atoms with Crippen molar-refractivity contribution in [3.8, 4) is 6.07 Å². The molecule has 0 saturated carbocycles. The molecule has 0 heterocycles. The van der Waals surface area contributed by atoms with Gasteiger partial charge in [-0.3, -0.25) is 0 Å². The maximum absolute atomic E-state index is 8.72. The molecule has 0 aromatic heterocycles. The molecule has 0 aliphatic carbocycles. The fourth-order valence-electron chi connectivity index (χ4n) is 1.16. The summed E-state index contributed by atoms with van der Waals surface area (Å²) >= 11 is 0. The Bertz CT molecular complexity index is 271. The van der Waals surface area contributed by atoms with E-state index >= 15 is 0 Å². The van der Waals surface area contributed by atoms with E-state index < -0.39 is 0 Å². The average Bonchev–Trinajstić information content (AvgIpc) is 2.17. The Morgan fingerprint density at radius 1 is 1.17 bits per heavy atom. The molecule has 0 saturated heterocycles. The molecular weight excluding hydrogens is 146 g/mol. The van der Waals surface area contributed by atoms with E-state index in [1.54, 1.807) is 0 Å². The van der Waals surface area contributed by atoms with Crippen molar-refractivity contribution in [2.45, 2.75) is 19.8 Å². The first kappa shape index (κ1) is 8.80. The molecule has 0 amide bonds. The zero-order chi connectivity index (χ0) is 8.97. The summed E-state index contributed by atoms with van der Waals surface area (Å²) in [6.45, 7) is 4.04. The summed E-state index contributed by atoms with van der Waals surface area (Å²) in [6, 6.07) is 12.4. The van der Waals surface area contributed by atoms with Crippen molar-refractivity contribution < 1.29 is 0 Å². The van der Waals surface area contributed by atoms with Crippen LogP contribution in [-0.4, -0.2) is 0 Å². The van der Waals surface area contributed by atoms with Crippen LogP contribution in [0.3, 0.4) is 0 Å². The van der Waals surface area contributed by atoms with Crippen LogP contribution in [-0.2, 0) is 0 Å². The zero-order valence-corrected chi connectivity index (χ0v) is 7.49. The maximum atomic E-state index is 8.72. The van der Waals surface area contributed by atoms with Gasteiger partial charge in [0.1, 0.15) is 0 Å². The number of hydrogen-bond donors (Lipinski definition) is 0. The topological polar surface area (TPSA) is 23.8 Å². The van der Waals surface area contributed by atoms with Crippen molar-refractivity contribution in [2.75, 3.05) is 0 Å². The molecule has 1 heteroatoms. The highest BCUT2D eigenvalue weighted by molar-refractivity contribution is 5.20. The van der Waals surface area contributed by atoms with E-state index in [4.69, 9.17) is 5.26 Å². The van der Waals surface area contributed by atoms with E-state index in [9.17, 15) is 0 Å². The van der Waals surface area contributed by atoms with Gasteiger partial charge < -0.3 is 0 Å². The number of nitriles is 1. The second-order valence-corrected chi connectivity index (χ2v) is 3.12. The van der Waals surface area contributed by atoms with Crippen LogP contribution in [0.1, 0.15) is 25.3 Å². The van der Waals surface area contributed by atoms with Crippen molar-refractivity contribution in [1.29, 1.82) is 5.26 Å². The molecule has 0 spiro atoms. The van der Waals surface area contributed by atoms with Crippen LogP contribution in [0.25, 0.3) is 0 Å². The van der Waals surface area contributed by atoms with Crippen molar-refractivity contribution in [3.63, 3.8) is 0 Å². The molecule has 0 bridgehead atoms. The molecule has 0 aliphatic rings. The number of rotatable bonds is 2. The van der Waals surface area contributed by atoms with Crippen LogP contribution in [0, 0.1) is 17.2 Å². The zero-order valence-electron chi connectivity index (χ0n) is 7.49. The lowest BCUT2D eigenvalue weighted by molar-refractivity contribution is 0.603. The van der Waals surface area contributed by atoms with Crippen LogP contribution in [0.5, 0.6) is 0 Å². The number of hydrogen-bond acceptors (Lipinski definition) is 1. The molecule has 12 heavy (non-hydrogen) atoms. The second kappa shape index (κ2) is 3.92. The van der Waals surface area contributed by atoms with Gasteiger partial charge in [0.05, 0.1) is 12.0 Å². The van der Waals surface area contributed by atoms with Crippen LogP contribution >= 0.6 is 0 Å². The predicted molar refractivity (Wildman–Crippen MR) is 49.6 cm³/mol. The molecule has 1 aromatic carbocycles. The van der Waals surface area contributed by atoms with E-state index in [0.29, 0.717) is 5.92 Å². The highest BCUT2D eigenvalue weighted by Gasteiger charge is 2.12. The highest BCUT2D eigenvalue weighted by Crippen LogP contribution is 2.22. The molecular formula is C11H13N. The molecule has 2 unspecified atom stereocenters. The van der Waals surface area contributed by atoms with Gasteiger partial charge in [0.15, 0.2) is 0 Å². The lowest BCUT2D eigenvalue weighted by Gasteiger charge is -2.12. The molecule has 0 radical (unpaired) electrons. The third kappa shape index (κ3) is 1.85. The summed E-state index contributed by atoms with van der Waals surface area (Å²) in [5, 5.41) is 8.72. The second-order valence-electron chi connectivity index (χ2n) is 3.12. The lowest BCUT2D eigenvalue weighted by Crippen LogP contribution is -2.02. The number of benzene rings is 1. The molecule has 1 rings (SSSR count). The monoisotopic (exact) mass is 159 g/mol. The molecule has 0 aliphatic heterocycles. The van der Waals surface area contributed by atoms with E-state index in [2.05, 4.69) is 25.1 Å². The van der Waals surface area contributed by atoms with Crippen molar-refractivity contribution in [2.24, 2.45) is 5.92 Å². The molecule has 0 fully saturated rings. The van der Waals surface area contributed by atoms with Gasteiger partial charge in [-0.05, 0) is 18.4 Å². The first-order chi connectivity index (χ1) is 5.75. The van der Waals surface area contributed by atoms with E-state index in [1.807, 2.05) is 25.1 Å². The summed E-state index contributed by atoms with van der Waals surface area (Å²) in [7, 11) is 0. The Hall–Kier alpha value is -1.29. The number of nitrogens with zero attached hydrogens (tertiary/aromatic N) is 1. The molecule has 1 aromatic rings. The first-order valence-electron chi connectivity index (χ1n) is 4.20. The van der Waals surface area contributed by atoms with Crippen molar-refractivity contribution >= 4 is 0 Å². The quantitative estimate of drug-likeness (QED) is 0.650. The third-order valence-corrected chi connectivity index (χ3v) is 2.28. The Labute approximate surface area is 73.6 Å². The van der Waals surface area contributed by atoms with Crippen molar-refractivity contribution in [1.82, 2.24) is 0 Å². The normalized spacial score (nSPS) is 14.8. The Balaban J connectivity index is 2.80. The molecule has 2 atom stereocenters. The Morgan fingerprint density at radius 3 is 2.25 bits per heavy atom. The molecule has 1 nitrogen and oxygen atoms in total. The van der Waals surface area contributed by atoms with Gasteiger partial charge in [-0.1, -0.05) is 37.3 Å². The van der Waals surface area contributed by atoms with Crippen molar-refractivity contribution in [3.05, 3.63) is 35.9 Å². The minimum atomic E-state index is 0.0902. The summed E-state index contributed by atoms with van der Waals surface area (Å²) < 4.78 is 0. The smallest absolute Gasteiger partial charge is 0.0659 e. The minimum Gasteiger partial charge on any atom is -0.198 e. The maximum Gasteiger partial charge on any atom is 0.0659 e. The fraction of sp³-hybridized carbons (Fsp3) is 0.364. The minimum absolute atomic E-state index is 0.0902. The van der Waals surface area contributed by atoms with Crippen LogP contribution in [0.15, 0.2) is 30.3 Å². The van der Waals surface area contributed by atoms with Crippen LogP contribution in [0.4, 0.5) is 0 Å². The van der Waals surface area contributed by atoms with Crippen LogP contribution < -0.4 is 0 Å². The largest absolute Gasteiger partial charge is 0.198 e. The summed E-state index contributed by atoms with van der Waals surface area (Å²) in [4.78, 5) is 0. The van der Waals surface area contributed by atoms with Crippen LogP contribution in [0.2, 0.25) is 0 Å². The van der Waals surface area contributed by atoms with Gasteiger partial charge in [-0.2, -0.15) is 5.26 Å². The highest BCUT2D eigenvalue weighted by atomic mass is 14.3. The first-order valence-corrected chi connectivity index (χ1v) is 4.20. The van der Waals surface area contributed by atoms with E-state index in [0.717, 1.165) is 0 Å². The van der Waals surface area contributed by atoms with Gasteiger partial charge in [0.2, 0.25) is 0 Å². The molecule has 0 N–H and O–H groups in total. The summed E-state index contributed by atoms with van der Waals surface area (Å²) in [5.74, 6) is 0.420. The summed E-state index contributed by atoms with van der Waals surface area (Å²) in [6.07, 6.45) is 0. The Kier molecular flexibility index (Phi) is 2.88. The SMILES string of the molecule is CC(C#N)C(C)c1ccccc1. The van der Waals surface area contributed by atoms with Gasteiger partial charge in [0.25, 0.3) is 0 Å². The lowest BCUT2D eigenvalue weighted by atomic mass is 9.90. The standard InChI is InChI=1S/C11H13N/c1-9(8-12)10(2)11-6-4-3-5-7-11/h3-7,9-10H,1-2H3. The van der Waals surface area contributed by atoms with Gasteiger partial charge >= 0.3 is 0 Å². The van der Waals surface area contributed by atoms with Gasteiger partial charge in [-0.25, -0.2) is 0 Å². The van der Waals surface area contributed by atoms with E-state index in [-0.39, 0.29) is 5.92 Å². The fourth-order valence-corrected chi connectivity index (χ4v) is 1.16. The summed E-state index contributed by atoms with van der Waals surface area (Å²) in [5.41, 5.74) is 1.24. The third-order valence-electron chi connectivity index (χ3n) is 2.28.